The number of nitrogens with zero attached hydrogens (tertiary/aromatic N) is 1. The highest BCUT2D eigenvalue weighted by atomic mass is 16.5. The van der Waals surface area contributed by atoms with Gasteiger partial charge in [0.25, 0.3) is 0 Å². The summed E-state index contributed by atoms with van der Waals surface area (Å²) in [5.74, 6) is -0.263. The van der Waals surface area contributed by atoms with Crippen LogP contribution in [0.25, 0.3) is 27.4 Å². The predicted molar refractivity (Wildman–Crippen MR) is 208 cm³/mol. The minimum atomic E-state index is -0.402. The number of dihydropyridines is 1. The molecule has 6 N–H and O–H groups in total. The lowest BCUT2D eigenvalue weighted by Gasteiger charge is -2.19. The fraction of sp³-hybridized carbons (Fsp3) is 0.350. The van der Waals surface area contributed by atoms with Gasteiger partial charge in [-0.3, -0.25) is 19.4 Å². The lowest BCUT2D eigenvalue weighted by molar-refractivity contribution is -0.127. The smallest absolute Gasteiger partial charge is 0.246 e. The van der Waals surface area contributed by atoms with Crippen LogP contribution in [0.1, 0.15) is 61.5 Å². The number of rotatable bonds is 18. The standard InChI is InChI=1S/C33H36N6O4.C7H13NO2/c1-3-30(40)25-5-4-6-28(33(25)21(2)34)36-13-15-42-16-14-37-31(41)20-43-32-10-8-23(18-38-32)22-7-9-24-26-19-35-12-11-27(26)39-29(24)17-22;1-6(4-3-5-9)7(10)8-2/h4-12,17-19,32,34,36,38-39H,3,13-16,20H2,1-2H3,(H,37,41);5-6H,3-4H2,1-2H3,(H,8,10). The molecule has 0 saturated heterocycles. The van der Waals surface area contributed by atoms with Crippen LogP contribution >= 0.6 is 0 Å². The van der Waals surface area contributed by atoms with Crippen LogP contribution in [0.3, 0.4) is 0 Å². The fourth-order valence-electron chi connectivity index (χ4n) is 5.74. The molecule has 2 atom stereocenters. The third-order valence-electron chi connectivity index (χ3n) is 8.58. The summed E-state index contributed by atoms with van der Waals surface area (Å²) >= 11 is 0. The van der Waals surface area contributed by atoms with E-state index in [0.717, 1.165) is 44.9 Å². The van der Waals surface area contributed by atoms with E-state index < -0.39 is 6.23 Å². The molecule has 2 unspecified atom stereocenters. The van der Waals surface area contributed by atoms with E-state index in [1.165, 1.54) is 0 Å². The number of ether oxygens (including phenoxy) is 2. The first-order chi connectivity index (χ1) is 25.7. The molecule has 0 fully saturated rings. The number of hydrogen-bond donors (Lipinski definition) is 6. The Morgan fingerprint density at radius 3 is 2.60 bits per heavy atom. The van der Waals surface area contributed by atoms with Gasteiger partial charge in [-0.1, -0.05) is 44.2 Å². The number of aromatic nitrogens is 2. The molecule has 0 saturated carbocycles. The summed E-state index contributed by atoms with van der Waals surface area (Å²) in [5, 5.41) is 22.1. The van der Waals surface area contributed by atoms with Gasteiger partial charge in [-0.05, 0) is 48.8 Å². The summed E-state index contributed by atoms with van der Waals surface area (Å²) in [6, 6.07) is 13.7. The number of H-pyrrole nitrogens is 1. The monoisotopic (exact) mass is 723 g/mol. The molecule has 5 rings (SSSR count). The quantitative estimate of drug-likeness (QED) is 0.0350. The number of aromatic amines is 1. The molecule has 1 aliphatic heterocycles. The predicted octanol–water partition coefficient (Wildman–Crippen LogP) is 5.13. The van der Waals surface area contributed by atoms with Gasteiger partial charge in [0.2, 0.25) is 11.8 Å². The van der Waals surface area contributed by atoms with Crippen molar-refractivity contribution in [3.63, 3.8) is 0 Å². The van der Waals surface area contributed by atoms with E-state index >= 15 is 0 Å². The number of benzene rings is 2. The molecular formula is C40H49N7O6. The molecule has 0 radical (unpaired) electrons. The number of anilines is 1. The molecule has 280 valence electrons. The van der Waals surface area contributed by atoms with Gasteiger partial charge in [0, 0.05) is 102 Å². The first-order valence-electron chi connectivity index (χ1n) is 17.7. The molecule has 2 amide bonds. The van der Waals surface area contributed by atoms with Crippen molar-refractivity contribution in [2.24, 2.45) is 5.92 Å². The van der Waals surface area contributed by atoms with Crippen LogP contribution in [0.5, 0.6) is 0 Å². The lowest BCUT2D eigenvalue weighted by Crippen LogP contribution is -2.35. The molecule has 0 spiro atoms. The van der Waals surface area contributed by atoms with Gasteiger partial charge in [-0.25, -0.2) is 0 Å². The van der Waals surface area contributed by atoms with Crippen molar-refractivity contribution in [3.05, 3.63) is 89.9 Å². The second-order valence-corrected chi connectivity index (χ2v) is 12.4. The number of pyridine rings is 1. The molecule has 0 bridgehead atoms. The molecule has 13 heteroatoms. The number of carbonyl (C=O) groups excluding carboxylic acids is 4. The first kappa shape index (κ1) is 40.1. The maximum atomic E-state index is 12.3. The summed E-state index contributed by atoms with van der Waals surface area (Å²) in [5.41, 5.74) is 6.44. The second-order valence-electron chi connectivity index (χ2n) is 12.4. The zero-order chi connectivity index (χ0) is 38.2. The molecule has 13 nitrogen and oxygen atoms in total. The summed E-state index contributed by atoms with van der Waals surface area (Å²) in [6.07, 6.45) is 11.3. The van der Waals surface area contributed by atoms with Gasteiger partial charge in [0.1, 0.15) is 19.1 Å². The molecule has 4 aromatic rings. The minimum Gasteiger partial charge on any atom is -0.382 e. The minimum absolute atomic E-state index is 0.00171. The average Bonchev–Trinajstić information content (AvgIpc) is 3.56. The molecular weight excluding hydrogens is 674 g/mol. The third-order valence-corrected chi connectivity index (χ3v) is 8.58. The number of Topliss-reactive ketones (excluding diaryl/α,β-unsaturated/α-hetero) is 1. The van der Waals surface area contributed by atoms with Gasteiger partial charge in [0.15, 0.2) is 5.78 Å². The number of ketones is 1. The second kappa shape index (κ2) is 20.4. The molecule has 0 aliphatic carbocycles. The van der Waals surface area contributed by atoms with E-state index in [1.54, 1.807) is 26.2 Å². The van der Waals surface area contributed by atoms with Crippen molar-refractivity contribution < 1.29 is 28.7 Å². The van der Waals surface area contributed by atoms with E-state index in [-0.39, 0.29) is 30.1 Å². The van der Waals surface area contributed by atoms with Gasteiger partial charge >= 0.3 is 0 Å². The number of nitrogens with one attached hydrogen (secondary N) is 6. The van der Waals surface area contributed by atoms with E-state index in [0.29, 0.717) is 62.4 Å². The Labute approximate surface area is 309 Å². The Kier molecular flexibility index (Phi) is 15.4. The van der Waals surface area contributed by atoms with Crippen LogP contribution in [0.2, 0.25) is 0 Å². The Balaban J connectivity index is 0.000000550. The molecule has 1 aliphatic rings. The Bertz CT molecular complexity index is 1970. The van der Waals surface area contributed by atoms with E-state index in [1.807, 2.05) is 56.6 Å². The third kappa shape index (κ3) is 11.4. The van der Waals surface area contributed by atoms with Gasteiger partial charge < -0.3 is 45.9 Å². The average molecular weight is 724 g/mol. The number of allylic oxidation sites excluding steroid dienone is 2. The van der Waals surface area contributed by atoms with Crippen LogP contribution in [-0.2, 0) is 23.9 Å². The lowest BCUT2D eigenvalue weighted by atomic mass is 9.97. The zero-order valence-corrected chi connectivity index (χ0v) is 30.7. The Hall–Kier alpha value is -5.66. The molecule has 2 aromatic heterocycles. The van der Waals surface area contributed by atoms with Crippen molar-refractivity contribution in [2.75, 3.05) is 45.3 Å². The van der Waals surface area contributed by atoms with Crippen LogP contribution < -0.4 is 21.3 Å². The summed E-state index contributed by atoms with van der Waals surface area (Å²) in [4.78, 5) is 52.8. The maximum Gasteiger partial charge on any atom is 0.246 e. The van der Waals surface area contributed by atoms with Crippen molar-refractivity contribution in [1.29, 1.82) is 5.41 Å². The van der Waals surface area contributed by atoms with Gasteiger partial charge in [-0.15, -0.1) is 0 Å². The number of hydrogen-bond acceptors (Lipinski definition) is 10. The van der Waals surface area contributed by atoms with E-state index in [2.05, 4.69) is 49.4 Å². The number of amides is 2. The SMILES string of the molecule is CCC(=O)c1cccc(NCCOCCNC(=O)COC2C=CC(c3ccc4c(c3)[nH]c3ccncc34)=CN2)c1C(C)=N.CNC(=O)C(C)CCC=O. The molecule has 2 aromatic carbocycles. The number of carbonyl (C=O) groups is 4. The van der Waals surface area contributed by atoms with Crippen LogP contribution in [0.15, 0.2) is 73.2 Å². The van der Waals surface area contributed by atoms with Crippen molar-refractivity contribution in [2.45, 2.75) is 46.3 Å². The van der Waals surface area contributed by atoms with Gasteiger partial charge in [-0.2, -0.15) is 0 Å². The molecule has 3 heterocycles. The fourth-order valence-corrected chi connectivity index (χ4v) is 5.74. The van der Waals surface area contributed by atoms with Crippen LogP contribution in [0, 0.1) is 11.3 Å². The number of fused-ring (bicyclic) bond motifs is 3. The van der Waals surface area contributed by atoms with Crippen LogP contribution in [0.4, 0.5) is 5.69 Å². The summed E-state index contributed by atoms with van der Waals surface area (Å²) in [7, 11) is 1.60. The maximum absolute atomic E-state index is 12.3. The largest absolute Gasteiger partial charge is 0.382 e. The normalized spacial score (nSPS) is 14.0. The van der Waals surface area contributed by atoms with Crippen LogP contribution in [-0.4, -0.2) is 85.7 Å². The van der Waals surface area contributed by atoms with Gasteiger partial charge in [0.05, 0.1) is 13.2 Å². The van der Waals surface area contributed by atoms with Crippen molar-refractivity contribution >= 4 is 62.7 Å². The highest BCUT2D eigenvalue weighted by Gasteiger charge is 2.16. The Morgan fingerprint density at radius 2 is 1.89 bits per heavy atom. The van der Waals surface area contributed by atoms with E-state index in [4.69, 9.17) is 14.9 Å². The highest BCUT2D eigenvalue weighted by Crippen LogP contribution is 2.28. The van der Waals surface area contributed by atoms with Crippen molar-refractivity contribution in [3.8, 4) is 0 Å². The van der Waals surface area contributed by atoms with Crippen molar-refractivity contribution in [1.82, 2.24) is 25.9 Å². The Morgan fingerprint density at radius 1 is 1.08 bits per heavy atom. The molecule has 53 heavy (non-hydrogen) atoms. The summed E-state index contributed by atoms with van der Waals surface area (Å²) in [6.45, 7) is 6.83. The number of aldehydes is 1. The zero-order valence-electron chi connectivity index (χ0n) is 30.7. The highest BCUT2D eigenvalue weighted by molar-refractivity contribution is 6.12. The first-order valence-corrected chi connectivity index (χ1v) is 17.7. The summed E-state index contributed by atoms with van der Waals surface area (Å²) < 4.78 is 11.3. The topological polar surface area (TPSA) is 187 Å². The van der Waals surface area contributed by atoms with E-state index in [9.17, 15) is 19.2 Å².